The van der Waals surface area contributed by atoms with Crippen LogP contribution in [0.3, 0.4) is 0 Å². The largest absolute Gasteiger partial charge is 0.454 e. The van der Waals surface area contributed by atoms with Crippen LogP contribution in [0.25, 0.3) is 10.9 Å². The van der Waals surface area contributed by atoms with Crippen LogP contribution in [0.5, 0.6) is 11.5 Å². The van der Waals surface area contributed by atoms with Crippen molar-refractivity contribution in [1.82, 2.24) is 10.3 Å². The smallest absolute Gasteiger partial charge is 0.252 e. The summed E-state index contributed by atoms with van der Waals surface area (Å²) < 4.78 is 24.3. The number of aryl methyl sites for hydroxylation is 1. The van der Waals surface area contributed by atoms with E-state index < -0.39 is 5.54 Å². The number of hydrogen-bond donors (Lipinski definition) is 1. The Kier molecular flexibility index (Phi) is 3.98. The zero-order chi connectivity index (χ0) is 19.2. The summed E-state index contributed by atoms with van der Waals surface area (Å²) in [6.07, 6.45) is 0. The molecule has 1 aliphatic rings. The first-order valence-electron chi connectivity index (χ1n) is 8.63. The predicted octanol–water partition coefficient (Wildman–Crippen LogP) is 4.08. The molecule has 6 heteroatoms. The number of hydrogen-bond acceptors (Lipinski definition) is 4. The van der Waals surface area contributed by atoms with Crippen LogP contribution in [0.2, 0.25) is 0 Å². The first-order valence-corrected chi connectivity index (χ1v) is 8.63. The summed E-state index contributed by atoms with van der Waals surface area (Å²) >= 11 is 0. The number of amides is 1. The van der Waals surface area contributed by atoms with Crippen molar-refractivity contribution in [3.8, 4) is 11.5 Å². The van der Waals surface area contributed by atoms with E-state index in [4.69, 9.17) is 9.47 Å². The fourth-order valence-electron chi connectivity index (χ4n) is 3.23. The highest BCUT2D eigenvalue weighted by Gasteiger charge is 2.27. The molecular formula is C21H19FN2O3. The number of carbonyl (C=O) groups is 1. The van der Waals surface area contributed by atoms with E-state index in [1.165, 1.54) is 12.1 Å². The summed E-state index contributed by atoms with van der Waals surface area (Å²) in [5.41, 5.74) is 1.81. The van der Waals surface area contributed by atoms with Crippen LogP contribution in [0.1, 0.15) is 35.5 Å². The highest BCUT2D eigenvalue weighted by atomic mass is 19.1. The van der Waals surface area contributed by atoms with Gasteiger partial charge in [0.05, 0.1) is 16.6 Å². The molecule has 2 heterocycles. The Morgan fingerprint density at radius 3 is 2.70 bits per heavy atom. The number of aromatic nitrogens is 1. The lowest BCUT2D eigenvalue weighted by Crippen LogP contribution is -2.41. The van der Waals surface area contributed by atoms with Gasteiger partial charge < -0.3 is 14.8 Å². The fourth-order valence-corrected chi connectivity index (χ4v) is 3.23. The first-order chi connectivity index (χ1) is 12.8. The third-order valence-corrected chi connectivity index (χ3v) is 4.66. The second kappa shape index (κ2) is 6.23. The molecule has 1 aromatic heterocycles. The SMILES string of the molecule is Cc1cc(C(=O)NC(C)(C)c2ccc3c(c2)OCO3)c2ccc(F)cc2n1. The Morgan fingerprint density at radius 2 is 1.89 bits per heavy atom. The summed E-state index contributed by atoms with van der Waals surface area (Å²) in [4.78, 5) is 17.4. The van der Waals surface area contributed by atoms with Gasteiger partial charge in [-0.25, -0.2) is 4.39 Å². The topological polar surface area (TPSA) is 60.5 Å². The Hall–Kier alpha value is -3.15. The molecule has 3 aromatic rings. The van der Waals surface area contributed by atoms with Crippen molar-refractivity contribution in [2.45, 2.75) is 26.3 Å². The van der Waals surface area contributed by atoms with Crippen LogP contribution in [0, 0.1) is 12.7 Å². The molecule has 0 saturated carbocycles. The van der Waals surface area contributed by atoms with Crippen molar-refractivity contribution in [2.75, 3.05) is 6.79 Å². The molecule has 0 atom stereocenters. The van der Waals surface area contributed by atoms with Gasteiger partial charge in [0.2, 0.25) is 6.79 Å². The maximum atomic E-state index is 13.5. The van der Waals surface area contributed by atoms with Crippen LogP contribution >= 0.6 is 0 Å². The van der Waals surface area contributed by atoms with Gasteiger partial charge in [-0.1, -0.05) is 6.07 Å². The molecule has 4 rings (SSSR count). The van der Waals surface area contributed by atoms with Gasteiger partial charge in [-0.3, -0.25) is 9.78 Å². The number of halogens is 1. The molecule has 0 unspecified atom stereocenters. The van der Waals surface area contributed by atoms with Gasteiger partial charge in [0.1, 0.15) is 5.82 Å². The lowest BCUT2D eigenvalue weighted by atomic mass is 9.93. The number of carbonyl (C=O) groups excluding carboxylic acids is 1. The van der Waals surface area contributed by atoms with Gasteiger partial charge in [-0.2, -0.15) is 0 Å². The quantitative estimate of drug-likeness (QED) is 0.759. The molecule has 0 fully saturated rings. The highest BCUT2D eigenvalue weighted by Crippen LogP contribution is 2.35. The molecule has 2 aromatic carbocycles. The molecular weight excluding hydrogens is 347 g/mol. The van der Waals surface area contributed by atoms with Gasteiger partial charge in [0.25, 0.3) is 5.91 Å². The van der Waals surface area contributed by atoms with Crippen molar-refractivity contribution in [1.29, 1.82) is 0 Å². The number of pyridine rings is 1. The molecule has 1 aliphatic heterocycles. The van der Waals surface area contributed by atoms with E-state index >= 15 is 0 Å². The van der Waals surface area contributed by atoms with E-state index in [2.05, 4.69) is 10.3 Å². The van der Waals surface area contributed by atoms with Gasteiger partial charge in [-0.15, -0.1) is 0 Å². The average Bonchev–Trinajstić information content (AvgIpc) is 3.08. The molecule has 0 saturated heterocycles. The highest BCUT2D eigenvalue weighted by molar-refractivity contribution is 6.06. The second-order valence-corrected chi connectivity index (χ2v) is 7.12. The minimum atomic E-state index is -0.651. The van der Waals surface area contributed by atoms with Gasteiger partial charge in [0.15, 0.2) is 11.5 Å². The molecule has 138 valence electrons. The minimum absolute atomic E-state index is 0.199. The number of nitrogens with zero attached hydrogens (tertiary/aromatic N) is 1. The maximum Gasteiger partial charge on any atom is 0.252 e. The van der Waals surface area contributed by atoms with E-state index in [9.17, 15) is 9.18 Å². The van der Waals surface area contributed by atoms with Crippen molar-refractivity contribution in [2.24, 2.45) is 0 Å². The Bertz CT molecular complexity index is 1060. The summed E-state index contributed by atoms with van der Waals surface area (Å²) in [7, 11) is 0. The predicted molar refractivity (Wildman–Crippen MR) is 99.5 cm³/mol. The van der Waals surface area contributed by atoms with E-state index in [1.807, 2.05) is 32.0 Å². The molecule has 27 heavy (non-hydrogen) atoms. The lowest BCUT2D eigenvalue weighted by molar-refractivity contribution is 0.0913. The Balaban J connectivity index is 1.68. The number of benzene rings is 2. The van der Waals surface area contributed by atoms with Crippen molar-refractivity contribution >= 4 is 16.8 Å². The lowest BCUT2D eigenvalue weighted by Gasteiger charge is -2.27. The zero-order valence-corrected chi connectivity index (χ0v) is 15.3. The molecule has 0 aliphatic carbocycles. The number of nitrogens with one attached hydrogen (secondary N) is 1. The van der Waals surface area contributed by atoms with Crippen molar-refractivity contribution in [3.63, 3.8) is 0 Å². The number of rotatable bonds is 3. The molecule has 0 bridgehead atoms. The average molecular weight is 366 g/mol. The van der Waals surface area contributed by atoms with E-state index in [-0.39, 0.29) is 18.5 Å². The zero-order valence-electron chi connectivity index (χ0n) is 15.3. The van der Waals surface area contributed by atoms with E-state index in [0.717, 1.165) is 5.56 Å². The van der Waals surface area contributed by atoms with Crippen LogP contribution in [0.4, 0.5) is 4.39 Å². The standard InChI is InChI=1S/C21H19FN2O3/c1-12-8-16(15-6-5-14(22)10-17(15)23-12)20(25)24-21(2,3)13-4-7-18-19(9-13)27-11-26-18/h4-10H,11H2,1-3H3,(H,24,25). The van der Waals surface area contributed by atoms with Crippen LogP contribution in [0.15, 0.2) is 42.5 Å². The van der Waals surface area contributed by atoms with E-state index in [1.54, 1.807) is 19.1 Å². The second-order valence-electron chi connectivity index (χ2n) is 7.12. The summed E-state index contributed by atoms with van der Waals surface area (Å²) in [6, 6.07) is 11.6. The summed E-state index contributed by atoms with van der Waals surface area (Å²) in [6.45, 7) is 5.81. The van der Waals surface area contributed by atoms with Crippen LogP contribution in [-0.2, 0) is 5.54 Å². The molecule has 0 spiro atoms. The summed E-state index contributed by atoms with van der Waals surface area (Å²) in [5, 5.41) is 3.67. The first kappa shape index (κ1) is 17.3. The van der Waals surface area contributed by atoms with Crippen LogP contribution < -0.4 is 14.8 Å². The minimum Gasteiger partial charge on any atom is -0.454 e. The molecule has 5 nitrogen and oxygen atoms in total. The van der Waals surface area contributed by atoms with E-state index in [0.29, 0.717) is 33.7 Å². The van der Waals surface area contributed by atoms with Crippen LogP contribution in [-0.4, -0.2) is 17.7 Å². The normalized spacial score (nSPS) is 13.0. The molecule has 1 N–H and O–H groups in total. The molecule has 0 radical (unpaired) electrons. The third kappa shape index (κ3) is 3.18. The van der Waals surface area contributed by atoms with Gasteiger partial charge >= 0.3 is 0 Å². The van der Waals surface area contributed by atoms with Crippen molar-refractivity contribution in [3.05, 3.63) is 65.1 Å². The fraction of sp³-hybridized carbons (Fsp3) is 0.238. The third-order valence-electron chi connectivity index (χ3n) is 4.66. The number of ether oxygens (including phenoxy) is 2. The maximum absolute atomic E-state index is 13.5. The van der Waals surface area contributed by atoms with Crippen molar-refractivity contribution < 1.29 is 18.7 Å². The van der Waals surface area contributed by atoms with Gasteiger partial charge in [0, 0.05) is 17.1 Å². The Morgan fingerprint density at radius 1 is 1.11 bits per heavy atom. The number of fused-ring (bicyclic) bond motifs is 2. The monoisotopic (exact) mass is 366 g/mol. The summed E-state index contributed by atoms with van der Waals surface area (Å²) in [5.74, 6) is 0.724. The Labute approximate surface area is 156 Å². The molecule has 1 amide bonds. The van der Waals surface area contributed by atoms with Gasteiger partial charge in [-0.05, 0) is 56.7 Å².